The number of hydrogen-bond acceptors (Lipinski definition) is 5. The quantitative estimate of drug-likeness (QED) is 0.807. The summed E-state index contributed by atoms with van der Waals surface area (Å²) >= 11 is 0. The normalized spacial score (nSPS) is 18.6. The smallest absolute Gasteiger partial charge is 0.343 e. The Morgan fingerprint density at radius 2 is 2.45 bits per heavy atom. The lowest BCUT2D eigenvalue weighted by Gasteiger charge is -2.22. The van der Waals surface area contributed by atoms with Crippen LogP contribution in [0, 0.1) is 5.92 Å². The number of piperidine rings is 1. The molecule has 0 saturated carbocycles. The average molecular weight is 278 g/mol. The Balaban J connectivity index is 1.86. The number of rotatable bonds is 6. The van der Waals surface area contributed by atoms with Gasteiger partial charge in [0.05, 0.1) is 13.2 Å². The number of nitrogens with zero attached hydrogens (tertiary/aromatic N) is 1. The summed E-state index contributed by atoms with van der Waals surface area (Å²) in [6, 6.07) is 3.40. The van der Waals surface area contributed by atoms with E-state index < -0.39 is 0 Å². The van der Waals surface area contributed by atoms with Crippen molar-refractivity contribution in [3.05, 3.63) is 23.9 Å². The van der Waals surface area contributed by atoms with Crippen molar-refractivity contribution in [1.82, 2.24) is 10.3 Å². The fourth-order valence-electron chi connectivity index (χ4n) is 2.36. The SMILES string of the molecule is CCOC(=O)c1cccnc1OCCC1CCCNC1. The largest absolute Gasteiger partial charge is 0.477 e. The molecule has 1 aromatic heterocycles. The van der Waals surface area contributed by atoms with Gasteiger partial charge in [0.1, 0.15) is 5.56 Å². The van der Waals surface area contributed by atoms with Crippen molar-refractivity contribution >= 4 is 5.97 Å². The maximum atomic E-state index is 11.8. The highest BCUT2D eigenvalue weighted by molar-refractivity contribution is 5.91. The summed E-state index contributed by atoms with van der Waals surface area (Å²) in [7, 11) is 0. The Morgan fingerprint density at radius 1 is 1.55 bits per heavy atom. The second-order valence-electron chi connectivity index (χ2n) is 4.93. The van der Waals surface area contributed by atoms with E-state index in [-0.39, 0.29) is 5.97 Å². The summed E-state index contributed by atoms with van der Waals surface area (Å²) in [6.07, 6.45) is 5.07. The van der Waals surface area contributed by atoms with E-state index in [1.165, 1.54) is 12.8 Å². The molecule has 0 radical (unpaired) electrons. The molecule has 20 heavy (non-hydrogen) atoms. The molecule has 0 spiro atoms. The summed E-state index contributed by atoms with van der Waals surface area (Å²) in [5, 5.41) is 3.38. The molecular formula is C15H22N2O3. The summed E-state index contributed by atoms with van der Waals surface area (Å²) < 4.78 is 10.7. The van der Waals surface area contributed by atoms with Crippen molar-refractivity contribution in [3.8, 4) is 5.88 Å². The maximum Gasteiger partial charge on any atom is 0.343 e. The first kappa shape index (κ1) is 14.8. The van der Waals surface area contributed by atoms with Gasteiger partial charge in [0.2, 0.25) is 5.88 Å². The Labute approximate surface area is 119 Å². The minimum Gasteiger partial charge on any atom is -0.477 e. The molecule has 5 heteroatoms. The molecule has 1 aromatic rings. The first-order chi connectivity index (χ1) is 9.81. The number of nitrogens with one attached hydrogen (secondary N) is 1. The standard InChI is InChI=1S/C15H22N2O3/c1-2-19-15(18)13-6-4-9-17-14(13)20-10-7-12-5-3-8-16-11-12/h4,6,9,12,16H,2-3,5,7-8,10-11H2,1H3. The Morgan fingerprint density at radius 3 is 3.20 bits per heavy atom. The van der Waals surface area contributed by atoms with E-state index in [9.17, 15) is 4.79 Å². The van der Waals surface area contributed by atoms with E-state index in [0.717, 1.165) is 19.5 Å². The minimum absolute atomic E-state index is 0.348. The Hall–Kier alpha value is -1.62. The molecule has 1 aliphatic heterocycles. The van der Waals surface area contributed by atoms with Crippen LogP contribution < -0.4 is 10.1 Å². The molecule has 1 atom stereocenters. The van der Waals surface area contributed by atoms with Crippen LogP contribution in [0.1, 0.15) is 36.5 Å². The second-order valence-corrected chi connectivity index (χ2v) is 4.93. The predicted molar refractivity (Wildman–Crippen MR) is 75.9 cm³/mol. The average Bonchev–Trinajstić information content (AvgIpc) is 2.49. The monoisotopic (exact) mass is 278 g/mol. The zero-order valence-electron chi connectivity index (χ0n) is 11.9. The molecule has 0 bridgehead atoms. The lowest BCUT2D eigenvalue weighted by Crippen LogP contribution is -2.30. The van der Waals surface area contributed by atoms with Crippen molar-refractivity contribution in [3.63, 3.8) is 0 Å². The molecule has 0 aliphatic carbocycles. The molecule has 1 N–H and O–H groups in total. The minimum atomic E-state index is -0.380. The summed E-state index contributed by atoms with van der Waals surface area (Å²) in [6.45, 7) is 4.88. The van der Waals surface area contributed by atoms with Gasteiger partial charge in [-0.3, -0.25) is 0 Å². The second kappa shape index (κ2) is 7.85. The molecule has 110 valence electrons. The lowest BCUT2D eigenvalue weighted by molar-refractivity contribution is 0.0520. The summed E-state index contributed by atoms with van der Waals surface area (Å²) in [5.41, 5.74) is 0.399. The third kappa shape index (κ3) is 4.20. The van der Waals surface area contributed by atoms with Crippen LogP contribution in [-0.2, 0) is 4.74 Å². The number of carbonyl (C=O) groups excluding carboxylic acids is 1. The van der Waals surface area contributed by atoms with E-state index >= 15 is 0 Å². The number of pyridine rings is 1. The van der Waals surface area contributed by atoms with E-state index in [1.807, 2.05) is 0 Å². The molecule has 0 aromatic carbocycles. The molecule has 0 amide bonds. The van der Waals surface area contributed by atoms with Crippen LogP contribution in [0.4, 0.5) is 0 Å². The van der Waals surface area contributed by atoms with Gasteiger partial charge < -0.3 is 14.8 Å². The van der Waals surface area contributed by atoms with E-state index in [2.05, 4.69) is 10.3 Å². The summed E-state index contributed by atoms with van der Waals surface area (Å²) in [5.74, 6) is 0.642. The first-order valence-electron chi connectivity index (χ1n) is 7.27. The Kier molecular flexibility index (Phi) is 5.80. The molecule has 2 rings (SSSR count). The zero-order chi connectivity index (χ0) is 14.2. The van der Waals surface area contributed by atoms with Gasteiger partial charge in [-0.25, -0.2) is 9.78 Å². The fourth-order valence-corrected chi connectivity index (χ4v) is 2.36. The first-order valence-corrected chi connectivity index (χ1v) is 7.27. The highest BCUT2D eigenvalue weighted by Gasteiger charge is 2.16. The van der Waals surface area contributed by atoms with Gasteiger partial charge in [-0.15, -0.1) is 0 Å². The number of esters is 1. The van der Waals surface area contributed by atoms with Gasteiger partial charge in [0.25, 0.3) is 0 Å². The van der Waals surface area contributed by atoms with E-state index in [4.69, 9.17) is 9.47 Å². The van der Waals surface area contributed by atoms with Crippen LogP contribution in [-0.4, -0.2) is 37.3 Å². The number of hydrogen-bond donors (Lipinski definition) is 1. The Bertz CT molecular complexity index is 431. The molecule has 1 fully saturated rings. The summed E-state index contributed by atoms with van der Waals surface area (Å²) in [4.78, 5) is 15.9. The zero-order valence-corrected chi connectivity index (χ0v) is 11.9. The molecule has 2 heterocycles. The van der Waals surface area contributed by atoms with Crippen LogP contribution in [0.5, 0.6) is 5.88 Å². The van der Waals surface area contributed by atoms with Gasteiger partial charge in [-0.1, -0.05) is 0 Å². The van der Waals surface area contributed by atoms with Crippen molar-refractivity contribution in [2.45, 2.75) is 26.2 Å². The number of aromatic nitrogens is 1. The van der Waals surface area contributed by atoms with Crippen LogP contribution in [0.2, 0.25) is 0 Å². The number of carbonyl (C=O) groups is 1. The third-order valence-corrected chi connectivity index (χ3v) is 3.43. The van der Waals surface area contributed by atoms with Gasteiger partial charge in [0.15, 0.2) is 0 Å². The van der Waals surface area contributed by atoms with Crippen LogP contribution >= 0.6 is 0 Å². The molecule has 1 saturated heterocycles. The van der Waals surface area contributed by atoms with Crippen molar-refractivity contribution in [1.29, 1.82) is 0 Å². The van der Waals surface area contributed by atoms with Crippen LogP contribution in [0.3, 0.4) is 0 Å². The molecule has 1 unspecified atom stereocenters. The highest BCUT2D eigenvalue weighted by Crippen LogP contribution is 2.18. The van der Waals surface area contributed by atoms with E-state index in [1.54, 1.807) is 25.3 Å². The van der Waals surface area contributed by atoms with E-state index in [0.29, 0.717) is 30.6 Å². The molecule has 1 aliphatic rings. The van der Waals surface area contributed by atoms with Crippen molar-refractivity contribution in [2.75, 3.05) is 26.3 Å². The van der Waals surface area contributed by atoms with Gasteiger partial charge >= 0.3 is 5.97 Å². The van der Waals surface area contributed by atoms with Crippen molar-refractivity contribution in [2.24, 2.45) is 5.92 Å². The predicted octanol–water partition coefficient (Wildman–Crippen LogP) is 2.03. The topological polar surface area (TPSA) is 60.5 Å². The number of ether oxygens (including phenoxy) is 2. The van der Waals surface area contributed by atoms with Gasteiger partial charge in [0, 0.05) is 6.20 Å². The third-order valence-electron chi connectivity index (χ3n) is 3.43. The van der Waals surface area contributed by atoms with Crippen molar-refractivity contribution < 1.29 is 14.3 Å². The maximum absolute atomic E-state index is 11.8. The highest BCUT2D eigenvalue weighted by atomic mass is 16.5. The molecular weight excluding hydrogens is 256 g/mol. The van der Waals surface area contributed by atoms with Gasteiger partial charge in [-0.05, 0) is 57.3 Å². The molecule has 5 nitrogen and oxygen atoms in total. The van der Waals surface area contributed by atoms with Gasteiger partial charge in [-0.2, -0.15) is 0 Å². The van der Waals surface area contributed by atoms with Crippen LogP contribution in [0.25, 0.3) is 0 Å². The fraction of sp³-hybridized carbons (Fsp3) is 0.600. The van der Waals surface area contributed by atoms with Crippen LogP contribution in [0.15, 0.2) is 18.3 Å². The lowest BCUT2D eigenvalue weighted by atomic mass is 9.97.